The molecule has 0 aliphatic heterocycles. The Hall–Kier alpha value is -5.93. The van der Waals surface area contributed by atoms with Gasteiger partial charge in [0.25, 0.3) is 0 Å². The Morgan fingerprint density at radius 1 is 0.532 bits per heavy atom. The highest BCUT2D eigenvalue weighted by molar-refractivity contribution is 6.12. The first-order valence-corrected chi connectivity index (χ1v) is 16.1. The summed E-state index contributed by atoms with van der Waals surface area (Å²) in [5.41, 5.74) is 13.2. The molecule has 1 aliphatic carbocycles. The second-order valence-electron chi connectivity index (χ2n) is 12.8. The molecule has 0 saturated carbocycles. The Morgan fingerprint density at radius 2 is 1.17 bits per heavy atom. The number of hydrogen-bond donors (Lipinski definition) is 0. The molecule has 47 heavy (non-hydrogen) atoms. The zero-order valence-corrected chi connectivity index (χ0v) is 26.3. The molecule has 0 spiro atoms. The molecule has 0 amide bonds. The molecule has 1 aliphatic rings. The topological polar surface area (TPSA) is 29.3 Å². The summed E-state index contributed by atoms with van der Waals surface area (Å²) in [7, 11) is 0. The lowest BCUT2D eigenvalue weighted by Gasteiger charge is -2.29. The Morgan fingerprint density at radius 3 is 1.98 bits per heavy atom. The normalized spacial score (nSPS) is 13.1. The summed E-state index contributed by atoms with van der Waals surface area (Å²) >= 11 is 0. The van der Waals surface area contributed by atoms with Crippen molar-refractivity contribution in [2.24, 2.45) is 0 Å². The van der Waals surface area contributed by atoms with Crippen LogP contribution in [0.1, 0.15) is 25.0 Å². The third kappa shape index (κ3) is 4.31. The molecule has 0 atom stereocenters. The summed E-state index contributed by atoms with van der Waals surface area (Å²) < 4.78 is 6.65. The standard InChI is InChI=1S/C44H32N2O/c1-44(2)37-23-13-11-22-35(37)36-28-32(25-26-38(36)44)46(39-24-14-12-20-33(39)29-15-5-3-6-16-29)40-27-31-19-9-10-21-34(31)42-41(40)45-43(47-42)30-17-7-4-8-18-30/h3-28H,1-2H3. The summed E-state index contributed by atoms with van der Waals surface area (Å²) in [6.45, 7) is 4.65. The van der Waals surface area contributed by atoms with Crippen molar-refractivity contribution < 1.29 is 4.42 Å². The molecule has 0 fully saturated rings. The fourth-order valence-corrected chi connectivity index (χ4v) is 7.38. The van der Waals surface area contributed by atoms with E-state index < -0.39 is 0 Å². The van der Waals surface area contributed by atoms with E-state index in [2.05, 4.69) is 158 Å². The van der Waals surface area contributed by atoms with Crippen molar-refractivity contribution in [3.8, 4) is 33.7 Å². The smallest absolute Gasteiger partial charge is 0.227 e. The number of para-hydroxylation sites is 1. The summed E-state index contributed by atoms with van der Waals surface area (Å²) in [4.78, 5) is 7.61. The molecule has 3 nitrogen and oxygen atoms in total. The van der Waals surface area contributed by atoms with Gasteiger partial charge in [0, 0.05) is 27.6 Å². The highest BCUT2D eigenvalue weighted by Crippen LogP contribution is 2.52. The van der Waals surface area contributed by atoms with Gasteiger partial charge < -0.3 is 9.32 Å². The summed E-state index contributed by atoms with van der Waals surface area (Å²) in [6.07, 6.45) is 0. The second-order valence-corrected chi connectivity index (χ2v) is 12.8. The second kappa shape index (κ2) is 10.6. The number of benzene rings is 7. The van der Waals surface area contributed by atoms with E-state index in [1.54, 1.807) is 0 Å². The van der Waals surface area contributed by atoms with E-state index in [0.29, 0.717) is 5.89 Å². The molecule has 0 unspecified atom stereocenters. The number of rotatable bonds is 5. The summed E-state index contributed by atoms with van der Waals surface area (Å²) in [6, 6.07) is 55.9. The molecule has 0 saturated heterocycles. The Labute approximate surface area is 274 Å². The third-order valence-corrected chi connectivity index (χ3v) is 9.68. The van der Waals surface area contributed by atoms with Crippen molar-refractivity contribution in [1.29, 1.82) is 0 Å². The van der Waals surface area contributed by atoms with Gasteiger partial charge in [-0.2, -0.15) is 0 Å². The predicted molar refractivity (Wildman–Crippen MR) is 195 cm³/mol. The number of anilines is 3. The molecule has 224 valence electrons. The number of oxazole rings is 1. The zero-order valence-electron chi connectivity index (χ0n) is 26.3. The van der Waals surface area contributed by atoms with E-state index in [9.17, 15) is 0 Å². The maximum Gasteiger partial charge on any atom is 0.227 e. The van der Waals surface area contributed by atoms with Gasteiger partial charge in [-0.15, -0.1) is 0 Å². The van der Waals surface area contributed by atoms with Gasteiger partial charge in [-0.05, 0) is 69.6 Å². The van der Waals surface area contributed by atoms with Gasteiger partial charge in [-0.1, -0.05) is 135 Å². The van der Waals surface area contributed by atoms with E-state index in [-0.39, 0.29) is 5.41 Å². The molecule has 0 bridgehead atoms. The monoisotopic (exact) mass is 604 g/mol. The maximum atomic E-state index is 6.65. The minimum atomic E-state index is -0.0792. The van der Waals surface area contributed by atoms with Crippen LogP contribution >= 0.6 is 0 Å². The highest BCUT2D eigenvalue weighted by atomic mass is 16.3. The average Bonchev–Trinajstić information content (AvgIpc) is 3.67. The first kappa shape index (κ1) is 27.4. The van der Waals surface area contributed by atoms with E-state index in [0.717, 1.165) is 55.6 Å². The molecule has 0 N–H and O–H groups in total. The molecular weight excluding hydrogens is 572 g/mol. The van der Waals surface area contributed by atoms with Crippen molar-refractivity contribution in [2.75, 3.05) is 4.90 Å². The van der Waals surface area contributed by atoms with Crippen molar-refractivity contribution >= 4 is 38.9 Å². The van der Waals surface area contributed by atoms with Crippen LogP contribution in [-0.2, 0) is 5.41 Å². The summed E-state index contributed by atoms with van der Waals surface area (Å²) in [5.74, 6) is 0.610. The summed E-state index contributed by atoms with van der Waals surface area (Å²) in [5, 5.41) is 2.14. The Bertz CT molecular complexity index is 2440. The van der Waals surface area contributed by atoms with Crippen molar-refractivity contribution in [3.05, 3.63) is 169 Å². The van der Waals surface area contributed by atoms with Crippen LogP contribution in [-0.4, -0.2) is 4.98 Å². The minimum absolute atomic E-state index is 0.0792. The van der Waals surface area contributed by atoms with Gasteiger partial charge in [0.05, 0.1) is 11.4 Å². The van der Waals surface area contributed by atoms with E-state index in [1.165, 1.54) is 22.3 Å². The molecular formula is C44H32N2O. The van der Waals surface area contributed by atoms with Crippen molar-refractivity contribution in [2.45, 2.75) is 19.3 Å². The van der Waals surface area contributed by atoms with Crippen LogP contribution in [0.4, 0.5) is 17.1 Å². The number of aromatic nitrogens is 1. The van der Waals surface area contributed by atoms with E-state index in [4.69, 9.17) is 9.40 Å². The zero-order chi connectivity index (χ0) is 31.5. The van der Waals surface area contributed by atoms with Gasteiger partial charge in [-0.3, -0.25) is 0 Å². The quantitative estimate of drug-likeness (QED) is 0.196. The van der Waals surface area contributed by atoms with Gasteiger partial charge in [0.15, 0.2) is 5.58 Å². The highest BCUT2D eigenvalue weighted by Gasteiger charge is 2.36. The van der Waals surface area contributed by atoms with Crippen LogP contribution in [0.25, 0.3) is 55.6 Å². The van der Waals surface area contributed by atoms with Gasteiger partial charge in [0.2, 0.25) is 5.89 Å². The van der Waals surface area contributed by atoms with Crippen molar-refractivity contribution in [1.82, 2.24) is 4.98 Å². The lowest BCUT2D eigenvalue weighted by atomic mass is 9.82. The molecule has 3 heteroatoms. The molecule has 1 aromatic heterocycles. The van der Waals surface area contributed by atoms with Crippen LogP contribution in [0.2, 0.25) is 0 Å². The van der Waals surface area contributed by atoms with E-state index in [1.807, 2.05) is 18.2 Å². The lowest BCUT2D eigenvalue weighted by Crippen LogP contribution is -2.15. The largest absolute Gasteiger partial charge is 0.435 e. The van der Waals surface area contributed by atoms with Crippen molar-refractivity contribution in [3.63, 3.8) is 0 Å². The average molecular weight is 605 g/mol. The number of fused-ring (bicyclic) bond motifs is 6. The molecule has 1 heterocycles. The first-order valence-electron chi connectivity index (χ1n) is 16.1. The molecule has 7 aromatic carbocycles. The SMILES string of the molecule is CC1(C)c2ccccc2-c2cc(N(c3ccccc3-c3ccccc3)c3cc4ccccc4c4oc(-c5ccccc5)nc34)ccc21. The van der Waals surface area contributed by atoms with Gasteiger partial charge >= 0.3 is 0 Å². The van der Waals surface area contributed by atoms with Crippen LogP contribution in [0.15, 0.2) is 162 Å². The Balaban J connectivity index is 1.37. The molecule has 0 radical (unpaired) electrons. The number of nitrogens with zero attached hydrogens (tertiary/aromatic N) is 2. The van der Waals surface area contributed by atoms with Crippen LogP contribution in [0, 0.1) is 0 Å². The van der Waals surface area contributed by atoms with Crippen LogP contribution in [0.5, 0.6) is 0 Å². The van der Waals surface area contributed by atoms with Gasteiger partial charge in [-0.25, -0.2) is 4.98 Å². The fourth-order valence-electron chi connectivity index (χ4n) is 7.38. The Kier molecular flexibility index (Phi) is 6.16. The molecule has 8 aromatic rings. The van der Waals surface area contributed by atoms with Crippen LogP contribution < -0.4 is 4.90 Å². The predicted octanol–water partition coefficient (Wildman–Crippen LogP) is 12.1. The van der Waals surface area contributed by atoms with Gasteiger partial charge in [0.1, 0.15) is 5.52 Å². The van der Waals surface area contributed by atoms with Crippen LogP contribution in [0.3, 0.4) is 0 Å². The maximum absolute atomic E-state index is 6.65. The van der Waals surface area contributed by atoms with E-state index >= 15 is 0 Å². The third-order valence-electron chi connectivity index (χ3n) is 9.68. The fraction of sp³-hybridized carbons (Fsp3) is 0.0682. The first-order chi connectivity index (χ1) is 23.1. The lowest BCUT2D eigenvalue weighted by molar-refractivity contribution is 0.623. The molecule has 9 rings (SSSR count). The minimum Gasteiger partial charge on any atom is -0.435 e. The number of hydrogen-bond acceptors (Lipinski definition) is 3.